The lowest BCUT2D eigenvalue weighted by molar-refractivity contribution is 0.0695. The quantitative estimate of drug-likeness (QED) is 0.780. The van der Waals surface area contributed by atoms with Crippen LogP contribution in [0.2, 0.25) is 0 Å². The zero-order chi connectivity index (χ0) is 14.9. The number of rotatable bonds is 3. The maximum Gasteiger partial charge on any atom is 0.336 e. The summed E-state index contributed by atoms with van der Waals surface area (Å²) in [5.41, 5.74) is -0.227. The van der Waals surface area contributed by atoms with E-state index in [-0.39, 0.29) is 21.5 Å². The average Bonchev–Trinajstić information content (AvgIpc) is 2.33. The number of carboxylic acid groups (broad SMARTS) is 1. The van der Waals surface area contributed by atoms with Gasteiger partial charge in [-0.3, -0.25) is 0 Å². The van der Waals surface area contributed by atoms with E-state index in [0.717, 1.165) is 6.07 Å². The van der Waals surface area contributed by atoms with Crippen molar-refractivity contribution in [3.05, 3.63) is 56.5 Å². The Morgan fingerprint density at radius 3 is 2.45 bits per heavy atom. The summed E-state index contributed by atoms with van der Waals surface area (Å²) in [6.07, 6.45) is 0. The molecule has 1 N–H and O–H groups in total. The number of halogens is 4. The van der Waals surface area contributed by atoms with Crippen molar-refractivity contribution in [2.75, 3.05) is 0 Å². The molecular weight excluding hydrogens is 402 g/mol. The molecule has 0 aliphatic heterocycles. The van der Waals surface area contributed by atoms with Gasteiger partial charge >= 0.3 is 5.97 Å². The van der Waals surface area contributed by atoms with Gasteiger partial charge in [0.2, 0.25) is 0 Å². The number of aromatic carboxylic acids is 1. The van der Waals surface area contributed by atoms with Gasteiger partial charge in [-0.1, -0.05) is 15.9 Å². The van der Waals surface area contributed by atoms with Crippen molar-refractivity contribution >= 4 is 37.8 Å². The van der Waals surface area contributed by atoms with Gasteiger partial charge in [0.1, 0.15) is 11.6 Å². The van der Waals surface area contributed by atoms with E-state index >= 15 is 0 Å². The standard InChI is InChI=1S/C13H6Br2F2O3/c14-6-3-7(16)5-8(4-6)20-10-2-1-9(13(18)19)11(15)12(10)17/h1-5H,(H,18,19). The third-order valence-electron chi connectivity index (χ3n) is 2.34. The molecule has 0 aromatic heterocycles. The molecule has 2 aromatic rings. The van der Waals surface area contributed by atoms with Gasteiger partial charge in [0, 0.05) is 10.5 Å². The van der Waals surface area contributed by atoms with Crippen LogP contribution in [-0.4, -0.2) is 11.1 Å². The first kappa shape index (κ1) is 14.9. The zero-order valence-corrected chi connectivity index (χ0v) is 12.8. The summed E-state index contributed by atoms with van der Waals surface area (Å²) in [6, 6.07) is 6.14. The van der Waals surface area contributed by atoms with Crippen LogP contribution < -0.4 is 4.74 Å². The molecule has 0 bridgehead atoms. The largest absolute Gasteiger partial charge is 0.478 e. The topological polar surface area (TPSA) is 46.5 Å². The van der Waals surface area contributed by atoms with Gasteiger partial charge in [-0.25, -0.2) is 13.6 Å². The number of carboxylic acids is 1. The van der Waals surface area contributed by atoms with Gasteiger partial charge in [0.25, 0.3) is 0 Å². The lowest BCUT2D eigenvalue weighted by Crippen LogP contribution is -2.00. The van der Waals surface area contributed by atoms with Crippen LogP contribution in [0.1, 0.15) is 10.4 Å². The molecule has 104 valence electrons. The molecule has 0 saturated heterocycles. The van der Waals surface area contributed by atoms with E-state index in [1.807, 2.05) is 0 Å². The molecule has 0 heterocycles. The van der Waals surface area contributed by atoms with Gasteiger partial charge in [-0.2, -0.15) is 0 Å². The Balaban J connectivity index is 2.39. The predicted molar refractivity (Wildman–Crippen MR) is 75.2 cm³/mol. The molecule has 0 radical (unpaired) electrons. The van der Waals surface area contributed by atoms with E-state index < -0.39 is 17.6 Å². The second kappa shape index (κ2) is 5.88. The van der Waals surface area contributed by atoms with E-state index in [0.29, 0.717) is 4.47 Å². The number of hydrogen-bond acceptors (Lipinski definition) is 2. The Morgan fingerprint density at radius 2 is 1.85 bits per heavy atom. The molecule has 0 amide bonds. The monoisotopic (exact) mass is 406 g/mol. The normalized spacial score (nSPS) is 10.4. The van der Waals surface area contributed by atoms with Crippen LogP contribution >= 0.6 is 31.9 Å². The molecule has 0 aliphatic rings. The second-order valence-corrected chi connectivity index (χ2v) is 5.46. The summed E-state index contributed by atoms with van der Waals surface area (Å²) in [6.45, 7) is 0. The van der Waals surface area contributed by atoms with Crippen molar-refractivity contribution in [3.63, 3.8) is 0 Å². The first-order valence-corrected chi connectivity index (χ1v) is 6.82. The highest BCUT2D eigenvalue weighted by Gasteiger charge is 2.17. The van der Waals surface area contributed by atoms with Crippen LogP contribution in [0, 0.1) is 11.6 Å². The molecular formula is C13H6Br2F2O3. The third kappa shape index (κ3) is 3.16. The zero-order valence-electron chi connectivity index (χ0n) is 9.66. The maximum atomic E-state index is 14.0. The minimum absolute atomic E-state index is 0.0887. The van der Waals surface area contributed by atoms with E-state index in [9.17, 15) is 13.6 Å². The molecule has 3 nitrogen and oxygen atoms in total. The van der Waals surface area contributed by atoms with Gasteiger partial charge in [-0.15, -0.1) is 0 Å². The number of carbonyl (C=O) groups is 1. The summed E-state index contributed by atoms with van der Waals surface area (Å²) in [5.74, 6) is -2.80. The Morgan fingerprint density at radius 1 is 1.15 bits per heavy atom. The van der Waals surface area contributed by atoms with Crippen molar-refractivity contribution in [3.8, 4) is 11.5 Å². The molecule has 0 fully saturated rings. The van der Waals surface area contributed by atoms with E-state index in [4.69, 9.17) is 9.84 Å². The average molecular weight is 408 g/mol. The maximum absolute atomic E-state index is 14.0. The summed E-state index contributed by atoms with van der Waals surface area (Å²) in [5, 5.41) is 8.85. The van der Waals surface area contributed by atoms with Gasteiger partial charge in [0.05, 0.1) is 10.0 Å². The van der Waals surface area contributed by atoms with Crippen molar-refractivity contribution < 1.29 is 23.4 Å². The van der Waals surface area contributed by atoms with Crippen LogP contribution in [0.4, 0.5) is 8.78 Å². The van der Waals surface area contributed by atoms with E-state index in [2.05, 4.69) is 31.9 Å². The minimum Gasteiger partial charge on any atom is -0.478 e. The van der Waals surface area contributed by atoms with Gasteiger partial charge in [-0.05, 0) is 40.2 Å². The Kier molecular flexibility index (Phi) is 4.39. The number of ether oxygens (including phenoxy) is 1. The summed E-state index contributed by atoms with van der Waals surface area (Å²) in [7, 11) is 0. The highest BCUT2D eigenvalue weighted by molar-refractivity contribution is 9.10. The summed E-state index contributed by atoms with van der Waals surface area (Å²) in [4.78, 5) is 10.8. The van der Waals surface area contributed by atoms with Crippen molar-refractivity contribution in [2.24, 2.45) is 0 Å². The molecule has 0 aliphatic carbocycles. The molecule has 2 aromatic carbocycles. The first-order valence-electron chi connectivity index (χ1n) is 5.23. The van der Waals surface area contributed by atoms with Gasteiger partial charge in [0.15, 0.2) is 11.6 Å². The fraction of sp³-hybridized carbons (Fsp3) is 0. The van der Waals surface area contributed by atoms with Crippen molar-refractivity contribution in [1.82, 2.24) is 0 Å². The second-order valence-electron chi connectivity index (χ2n) is 3.75. The smallest absolute Gasteiger partial charge is 0.336 e. The highest BCUT2D eigenvalue weighted by Crippen LogP contribution is 2.33. The lowest BCUT2D eigenvalue weighted by Gasteiger charge is -2.09. The molecule has 7 heteroatoms. The fourth-order valence-corrected chi connectivity index (χ4v) is 2.43. The van der Waals surface area contributed by atoms with Crippen LogP contribution in [0.5, 0.6) is 11.5 Å². The molecule has 0 atom stereocenters. The van der Waals surface area contributed by atoms with Gasteiger partial charge < -0.3 is 9.84 Å². The minimum atomic E-state index is -1.27. The molecule has 20 heavy (non-hydrogen) atoms. The SMILES string of the molecule is O=C(O)c1ccc(Oc2cc(F)cc(Br)c2)c(F)c1Br. The third-order valence-corrected chi connectivity index (χ3v) is 3.57. The predicted octanol–water partition coefficient (Wildman–Crippen LogP) is 4.98. The van der Waals surface area contributed by atoms with Crippen LogP contribution in [-0.2, 0) is 0 Å². The summed E-state index contributed by atoms with van der Waals surface area (Å²) < 4.78 is 32.6. The fourth-order valence-electron chi connectivity index (χ4n) is 1.49. The van der Waals surface area contributed by atoms with E-state index in [1.54, 1.807) is 0 Å². The Bertz CT molecular complexity index is 669. The molecule has 0 saturated carbocycles. The summed E-state index contributed by atoms with van der Waals surface area (Å²) >= 11 is 5.94. The Labute approximate surface area is 129 Å². The van der Waals surface area contributed by atoms with Crippen molar-refractivity contribution in [2.45, 2.75) is 0 Å². The van der Waals surface area contributed by atoms with Crippen LogP contribution in [0.15, 0.2) is 39.3 Å². The molecule has 2 rings (SSSR count). The number of benzene rings is 2. The number of hydrogen-bond donors (Lipinski definition) is 1. The Hall–Kier alpha value is -1.47. The van der Waals surface area contributed by atoms with Crippen LogP contribution in [0.25, 0.3) is 0 Å². The molecule has 0 spiro atoms. The first-order chi connectivity index (χ1) is 9.38. The van der Waals surface area contributed by atoms with Crippen LogP contribution in [0.3, 0.4) is 0 Å². The van der Waals surface area contributed by atoms with E-state index in [1.165, 1.54) is 24.3 Å². The van der Waals surface area contributed by atoms with Crippen molar-refractivity contribution in [1.29, 1.82) is 0 Å². The lowest BCUT2D eigenvalue weighted by atomic mass is 10.2. The highest BCUT2D eigenvalue weighted by atomic mass is 79.9. The molecule has 0 unspecified atom stereocenters.